The first-order valence-electron chi connectivity index (χ1n) is 5.53. The molecule has 1 N–H and O–H groups in total. The van der Waals surface area contributed by atoms with E-state index in [-0.39, 0.29) is 21.2 Å². The van der Waals surface area contributed by atoms with Crippen LogP contribution in [0.1, 0.15) is 10.4 Å². The van der Waals surface area contributed by atoms with Gasteiger partial charge in [-0.25, -0.2) is 4.79 Å². The molecule has 2 aromatic rings. The van der Waals surface area contributed by atoms with Gasteiger partial charge in [0.15, 0.2) is 0 Å². The number of nitro groups is 1. The van der Waals surface area contributed by atoms with Crippen LogP contribution < -0.4 is 0 Å². The van der Waals surface area contributed by atoms with Crippen molar-refractivity contribution in [2.45, 2.75) is 9.79 Å². The largest absolute Gasteiger partial charge is 0.478 e. The van der Waals surface area contributed by atoms with Crippen molar-refractivity contribution in [1.82, 2.24) is 0 Å². The normalized spacial score (nSPS) is 10.4. The molecule has 0 amide bonds. The zero-order valence-corrected chi connectivity index (χ0v) is 12.6. The molecule has 0 saturated heterocycles. The Kier molecular flexibility index (Phi) is 4.72. The second-order valence-corrected chi connectivity index (χ2v) is 5.85. The molecule has 5 nitrogen and oxygen atoms in total. The van der Waals surface area contributed by atoms with E-state index in [0.29, 0.717) is 5.02 Å². The number of nitro benzene ring substituents is 1. The molecule has 8 heteroatoms. The van der Waals surface area contributed by atoms with E-state index in [9.17, 15) is 20.0 Å². The highest BCUT2D eigenvalue weighted by atomic mass is 35.5. The van der Waals surface area contributed by atoms with Crippen LogP contribution in [0.5, 0.6) is 0 Å². The summed E-state index contributed by atoms with van der Waals surface area (Å²) in [5.74, 6) is -1.28. The fourth-order valence-electron chi connectivity index (χ4n) is 1.57. The molecule has 0 spiro atoms. The van der Waals surface area contributed by atoms with Crippen LogP contribution in [0.15, 0.2) is 46.2 Å². The molecule has 0 unspecified atom stereocenters. The molecule has 0 aliphatic rings. The van der Waals surface area contributed by atoms with Crippen molar-refractivity contribution in [3.05, 3.63) is 62.1 Å². The number of hydrogen-bond acceptors (Lipinski definition) is 4. The zero-order chi connectivity index (χ0) is 15.6. The first kappa shape index (κ1) is 15.6. The van der Waals surface area contributed by atoms with Gasteiger partial charge in [-0.3, -0.25) is 10.1 Å². The highest BCUT2D eigenvalue weighted by Crippen LogP contribution is 2.38. The summed E-state index contributed by atoms with van der Waals surface area (Å²) in [6, 6.07) is 8.85. The monoisotopic (exact) mass is 343 g/mol. The van der Waals surface area contributed by atoms with Gasteiger partial charge in [-0.1, -0.05) is 35.0 Å². The maximum Gasteiger partial charge on any atom is 0.337 e. The first-order valence-corrected chi connectivity index (χ1v) is 7.10. The van der Waals surface area contributed by atoms with Crippen molar-refractivity contribution < 1.29 is 14.8 Å². The molecule has 0 fully saturated rings. The van der Waals surface area contributed by atoms with Crippen molar-refractivity contribution in [2.24, 2.45) is 0 Å². The zero-order valence-electron chi connectivity index (χ0n) is 10.2. The number of halogens is 2. The predicted molar refractivity (Wildman–Crippen MR) is 80.6 cm³/mol. The third-order valence-corrected chi connectivity index (χ3v) is 4.32. The number of carboxylic acids is 1. The van der Waals surface area contributed by atoms with Gasteiger partial charge in [0.05, 0.1) is 15.5 Å². The average molecular weight is 344 g/mol. The Morgan fingerprint density at radius 2 is 1.81 bits per heavy atom. The van der Waals surface area contributed by atoms with Crippen LogP contribution >= 0.6 is 35.0 Å². The van der Waals surface area contributed by atoms with Crippen molar-refractivity contribution in [3.63, 3.8) is 0 Å². The summed E-state index contributed by atoms with van der Waals surface area (Å²) in [6.07, 6.45) is 0. The minimum absolute atomic E-state index is 0.0153. The molecule has 2 aromatic carbocycles. The molecule has 0 aromatic heterocycles. The highest BCUT2D eigenvalue weighted by Gasteiger charge is 2.20. The Morgan fingerprint density at radius 1 is 1.19 bits per heavy atom. The van der Waals surface area contributed by atoms with Gasteiger partial charge in [0, 0.05) is 26.9 Å². The average Bonchev–Trinajstić information content (AvgIpc) is 2.42. The number of aromatic carboxylic acids is 1. The van der Waals surface area contributed by atoms with E-state index in [4.69, 9.17) is 23.2 Å². The summed E-state index contributed by atoms with van der Waals surface area (Å²) in [4.78, 5) is 22.3. The Morgan fingerprint density at radius 3 is 2.33 bits per heavy atom. The summed E-state index contributed by atoms with van der Waals surface area (Å²) in [7, 11) is 0. The summed E-state index contributed by atoms with van der Waals surface area (Å²) >= 11 is 12.9. The van der Waals surface area contributed by atoms with E-state index in [0.717, 1.165) is 28.8 Å². The lowest BCUT2D eigenvalue weighted by atomic mass is 10.2. The van der Waals surface area contributed by atoms with Gasteiger partial charge in [-0.15, -0.1) is 0 Å². The number of carboxylic acid groups (broad SMARTS) is 1. The van der Waals surface area contributed by atoms with Crippen LogP contribution in [-0.2, 0) is 0 Å². The fourth-order valence-corrected chi connectivity index (χ4v) is 2.94. The minimum atomic E-state index is -1.28. The SMILES string of the molecule is O=C(O)c1cc([N+](=O)[O-])cc(Cl)c1Sc1ccc(Cl)cc1. The molecule has 0 bridgehead atoms. The van der Waals surface area contributed by atoms with Gasteiger partial charge in [0.1, 0.15) is 0 Å². The second kappa shape index (κ2) is 6.34. The van der Waals surface area contributed by atoms with Crippen LogP contribution in [0.4, 0.5) is 5.69 Å². The van der Waals surface area contributed by atoms with Gasteiger partial charge in [-0.05, 0) is 24.3 Å². The number of carbonyl (C=O) groups is 1. The van der Waals surface area contributed by atoms with Crippen LogP contribution in [0.3, 0.4) is 0 Å². The van der Waals surface area contributed by atoms with E-state index >= 15 is 0 Å². The fraction of sp³-hybridized carbons (Fsp3) is 0. The Bertz CT molecular complexity index is 719. The molecule has 2 rings (SSSR count). The molecule has 0 aliphatic carbocycles. The molecule has 21 heavy (non-hydrogen) atoms. The summed E-state index contributed by atoms with van der Waals surface area (Å²) in [5, 5.41) is 20.5. The number of nitrogens with zero attached hydrogens (tertiary/aromatic N) is 1. The molecule has 0 atom stereocenters. The Labute approximate surface area is 133 Å². The molecule has 0 heterocycles. The molecule has 0 radical (unpaired) electrons. The van der Waals surface area contributed by atoms with Crippen molar-refractivity contribution in [1.29, 1.82) is 0 Å². The number of non-ortho nitro benzene ring substituents is 1. The van der Waals surface area contributed by atoms with Crippen molar-refractivity contribution in [2.75, 3.05) is 0 Å². The highest BCUT2D eigenvalue weighted by molar-refractivity contribution is 7.99. The van der Waals surface area contributed by atoms with E-state index in [2.05, 4.69) is 0 Å². The van der Waals surface area contributed by atoms with Crippen LogP contribution in [0.25, 0.3) is 0 Å². The van der Waals surface area contributed by atoms with Gasteiger partial charge in [0.2, 0.25) is 0 Å². The second-order valence-electron chi connectivity index (χ2n) is 3.92. The van der Waals surface area contributed by atoms with Crippen molar-refractivity contribution >= 4 is 46.6 Å². The lowest BCUT2D eigenvalue weighted by Gasteiger charge is -2.08. The van der Waals surface area contributed by atoms with Gasteiger partial charge >= 0.3 is 5.97 Å². The maximum atomic E-state index is 11.3. The van der Waals surface area contributed by atoms with Crippen LogP contribution in [0, 0.1) is 10.1 Å². The third kappa shape index (κ3) is 3.66. The van der Waals surface area contributed by atoms with Gasteiger partial charge in [0.25, 0.3) is 5.69 Å². The summed E-state index contributed by atoms with van der Waals surface area (Å²) < 4.78 is 0. The maximum absolute atomic E-state index is 11.3. The smallest absolute Gasteiger partial charge is 0.337 e. The van der Waals surface area contributed by atoms with Crippen LogP contribution in [0.2, 0.25) is 10.0 Å². The number of rotatable bonds is 4. The van der Waals surface area contributed by atoms with Crippen LogP contribution in [-0.4, -0.2) is 16.0 Å². The predicted octanol–water partition coefficient (Wildman–Crippen LogP) is 4.75. The standard InChI is InChI=1S/C13H7Cl2NO4S/c14-7-1-3-9(4-2-7)21-12-10(13(17)18)5-8(16(19)20)6-11(12)15/h1-6H,(H,17,18). The van der Waals surface area contributed by atoms with Crippen molar-refractivity contribution in [3.8, 4) is 0 Å². The molecule has 0 aliphatic heterocycles. The molecule has 108 valence electrons. The quantitative estimate of drug-likeness (QED) is 0.639. The number of benzene rings is 2. The van der Waals surface area contributed by atoms with E-state index in [1.165, 1.54) is 0 Å². The lowest BCUT2D eigenvalue weighted by molar-refractivity contribution is -0.384. The first-order chi connectivity index (χ1) is 9.88. The Balaban J connectivity index is 2.49. The van der Waals surface area contributed by atoms with E-state index in [1.54, 1.807) is 24.3 Å². The van der Waals surface area contributed by atoms with Gasteiger partial charge < -0.3 is 5.11 Å². The van der Waals surface area contributed by atoms with E-state index in [1.807, 2.05) is 0 Å². The van der Waals surface area contributed by atoms with E-state index < -0.39 is 10.9 Å². The third-order valence-electron chi connectivity index (χ3n) is 2.50. The summed E-state index contributed by atoms with van der Waals surface area (Å²) in [6.45, 7) is 0. The molecular weight excluding hydrogens is 337 g/mol. The van der Waals surface area contributed by atoms with Gasteiger partial charge in [-0.2, -0.15) is 0 Å². The molecular formula is C13H7Cl2NO4S. The lowest BCUT2D eigenvalue weighted by Crippen LogP contribution is -2.01. The topological polar surface area (TPSA) is 80.4 Å². The molecule has 0 saturated carbocycles. The Hall–Kier alpha value is -1.76. The minimum Gasteiger partial charge on any atom is -0.478 e. The number of hydrogen-bond donors (Lipinski definition) is 1. The summed E-state index contributed by atoms with van der Waals surface area (Å²) in [5.41, 5.74) is -0.577.